The number of anilines is 2. The maximum absolute atomic E-state index is 13.8. The Morgan fingerprint density at radius 1 is 1.24 bits per heavy atom. The Bertz CT molecular complexity index is 1280. The van der Waals surface area contributed by atoms with Gasteiger partial charge in [-0.25, -0.2) is 22.6 Å². The van der Waals surface area contributed by atoms with E-state index < -0.39 is 27.8 Å². The van der Waals surface area contributed by atoms with Gasteiger partial charge < -0.3 is 14.7 Å². The number of nitrogens with zero attached hydrogens (tertiary/aromatic N) is 2. The average Bonchev–Trinajstić information content (AvgIpc) is 3.27. The summed E-state index contributed by atoms with van der Waals surface area (Å²) < 4.78 is 76.5. The first-order valence-electron chi connectivity index (χ1n) is 9.29. The van der Waals surface area contributed by atoms with Crippen LogP contribution < -0.4 is 9.64 Å². The van der Waals surface area contributed by atoms with E-state index in [1.165, 1.54) is 35.6 Å². The number of carboxylic acid groups (broad SMARTS) is 1. The first-order chi connectivity index (χ1) is 15.9. The topological polar surface area (TPSA) is 96.8 Å². The van der Waals surface area contributed by atoms with Crippen molar-refractivity contribution >= 4 is 50.1 Å². The predicted octanol–water partition coefficient (Wildman–Crippen LogP) is 5.07. The lowest BCUT2D eigenvalue weighted by molar-refractivity contribution is -0.192. The minimum atomic E-state index is -5.08. The van der Waals surface area contributed by atoms with E-state index in [9.17, 15) is 26.0 Å². The SMILES string of the molecule is O=C(O)C(F)(F)F.O=S(=O)(Cc1nccs1)c1ccc2c(c1)OCCN2c1ccc(Cl)c(F)c1. The zero-order valence-electron chi connectivity index (χ0n) is 16.9. The van der Waals surface area contributed by atoms with E-state index in [-0.39, 0.29) is 15.7 Å². The number of benzene rings is 2. The summed E-state index contributed by atoms with van der Waals surface area (Å²) in [5.41, 5.74) is 1.30. The molecule has 2 aromatic carbocycles. The van der Waals surface area contributed by atoms with Crippen molar-refractivity contribution in [3.8, 4) is 5.75 Å². The molecule has 0 spiro atoms. The monoisotopic (exact) mass is 538 g/mol. The maximum Gasteiger partial charge on any atom is 0.490 e. The van der Waals surface area contributed by atoms with Crippen LogP contribution in [-0.4, -0.2) is 43.8 Å². The lowest BCUT2D eigenvalue weighted by Gasteiger charge is -2.31. The third-order valence-corrected chi connectivity index (χ3v) is 7.30. The van der Waals surface area contributed by atoms with Gasteiger partial charge in [-0.2, -0.15) is 13.2 Å². The van der Waals surface area contributed by atoms with Gasteiger partial charge in [0.05, 0.1) is 22.2 Å². The number of fused-ring (bicyclic) bond motifs is 1. The summed E-state index contributed by atoms with van der Waals surface area (Å²) in [4.78, 5) is 15.0. The van der Waals surface area contributed by atoms with Crippen molar-refractivity contribution in [2.45, 2.75) is 16.8 Å². The van der Waals surface area contributed by atoms with E-state index >= 15 is 0 Å². The van der Waals surface area contributed by atoms with Gasteiger partial charge in [-0.05, 0) is 30.3 Å². The number of aliphatic carboxylic acids is 1. The van der Waals surface area contributed by atoms with Crippen molar-refractivity contribution < 1.29 is 40.6 Å². The molecule has 1 aliphatic heterocycles. The van der Waals surface area contributed by atoms with Crippen LogP contribution in [0.1, 0.15) is 5.01 Å². The van der Waals surface area contributed by atoms with Gasteiger partial charge in [0.2, 0.25) is 0 Å². The fourth-order valence-corrected chi connectivity index (χ4v) is 5.27. The molecular weight excluding hydrogens is 524 g/mol. The van der Waals surface area contributed by atoms with Crippen LogP contribution >= 0.6 is 22.9 Å². The third kappa shape index (κ3) is 6.15. The number of hydrogen-bond acceptors (Lipinski definition) is 7. The van der Waals surface area contributed by atoms with Crippen LogP contribution in [0.4, 0.5) is 28.9 Å². The quantitative estimate of drug-likeness (QED) is 0.463. The molecule has 0 fully saturated rings. The Hall–Kier alpha value is -2.90. The lowest BCUT2D eigenvalue weighted by Crippen LogP contribution is -2.28. The zero-order valence-corrected chi connectivity index (χ0v) is 19.3. The Morgan fingerprint density at radius 2 is 1.94 bits per heavy atom. The van der Waals surface area contributed by atoms with E-state index in [1.807, 2.05) is 4.90 Å². The Morgan fingerprint density at radius 3 is 2.53 bits per heavy atom. The van der Waals surface area contributed by atoms with E-state index in [0.29, 0.717) is 35.3 Å². The van der Waals surface area contributed by atoms with Gasteiger partial charge in [-0.15, -0.1) is 11.3 Å². The van der Waals surface area contributed by atoms with E-state index in [4.69, 9.17) is 26.2 Å². The summed E-state index contributed by atoms with van der Waals surface area (Å²) in [6.07, 6.45) is -3.51. The maximum atomic E-state index is 13.8. The summed E-state index contributed by atoms with van der Waals surface area (Å²) in [5, 5.41) is 9.45. The van der Waals surface area contributed by atoms with Gasteiger partial charge in [0.15, 0.2) is 9.84 Å². The minimum absolute atomic E-state index is 0.0517. The number of sulfone groups is 1. The molecule has 0 atom stereocenters. The number of alkyl halides is 3. The van der Waals surface area contributed by atoms with Crippen molar-refractivity contribution in [2.75, 3.05) is 18.1 Å². The molecule has 0 radical (unpaired) electrons. The van der Waals surface area contributed by atoms with Gasteiger partial charge >= 0.3 is 12.1 Å². The van der Waals surface area contributed by atoms with Gasteiger partial charge in [-0.1, -0.05) is 11.6 Å². The Labute approximate surface area is 200 Å². The van der Waals surface area contributed by atoms with E-state index in [2.05, 4.69) is 4.98 Å². The van der Waals surface area contributed by atoms with Crippen LogP contribution in [-0.2, 0) is 20.4 Å². The molecule has 4 rings (SSSR count). The molecule has 0 unspecified atom stereocenters. The summed E-state index contributed by atoms with van der Waals surface area (Å²) >= 11 is 7.06. The van der Waals surface area contributed by atoms with Crippen molar-refractivity contribution in [1.82, 2.24) is 4.98 Å². The molecule has 182 valence electrons. The second kappa shape index (κ2) is 10.2. The normalized spacial score (nSPS) is 13.4. The molecule has 34 heavy (non-hydrogen) atoms. The molecule has 2 heterocycles. The standard InChI is InChI=1S/C18H14ClFN2O3S2.C2HF3O2/c19-14-3-1-12(9-15(14)20)22-6-7-25-17-10-13(2-4-16(17)22)27(23,24)11-18-21-5-8-26-18;3-2(4,5)1(6)7/h1-5,8-10H,6-7,11H2;(H,6,7). The van der Waals surface area contributed by atoms with Crippen LogP contribution in [0.2, 0.25) is 5.02 Å². The lowest BCUT2D eigenvalue weighted by atomic mass is 10.2. The highest BCUT2D eigenvalue weighted by Crippen LogP contribution is 2.39. The van der Waals surface area contributed by atoms with Crippen molar-refractivity contribution in [2.24, 2.45) is 0 Å². The number of thiazole rings is 1. The molecule has 0 amide bonds. The van der Waals surface area contributed by atoms with Crippen molar-refractivity contribution in [3.63, 3.8) is 0 Å². The highest BCUT2D eigenvalue weighted by molar-refractivity contribution is 7.90. The first-order valence-corrected chi connectivity index (χ1v) is 12.2. The van der Waals surface area contributed by atoms with Gasteiger partial charge in [0.25, 0.3) is 0 Å². The number of ether oxygens (including phenoxy) is 1. The van der Waals surface area contributed by atoms with Crippen LogP contribution in [0.3, 0.4) is 0 Å². The van der Waals surface area contributed by atoms with E-state index in [1.54, 1.807) is 23.7 Å². The van der Waals surface area contributed by atoms with Crippen LogP contribution in [0, 0.1) is 5.82 Å². The molecule has 1 aromatic heterocycles. The smallest absolute Gasteiger partial charge is 0.489 e. The highest BCUT2D eigenvalue weighted by Gasteiger charge is 2.38. The number of carboxylic acids is 1. The van der Waals surface area contributed by atoms with Crippen molar-refractivity contribution in [3.05, 3.63) is 63.8 Å². The Balaban J connectivity index is 0.000000406. The molecule has 0 saturated carbocycles. The molecule has 7 nitrogen and oxygen atoms in total. The number of carbonyl (C=O) groups is 1. The fraction of sp³-hybridized carbons (Fsp3) is 0.200. The summed E-state index contributed by atoms with van der Waals surface area (Å²) in [6.45, 7) is 0.868. The number of rotatable bonds is 4. The highest BCUT2D eigenvalue weighted by atomic mass is 35.5. The second-order valence-electron chi connectivity index (χ2n) is 6.72. The van der Waals surface area contributed by atoms with Crippen LogP contribution in [0.5, 0.6) is 5.75 Å². The molecule has 1 N–H and O–H groups in total. The number of aromatic nitrogens is 1. The predicted molar refractivity (Wildman–Crippen MR) is 117 cm³/mol. The van der Waals surface area contributed by atoms with Crippen molar-refractivity contribution in [1.29, 1.82) is 0 Å². The summed E-state index contributed by atoms with van der Waals surface area (Å²) in [6, 6.07) is 9.29. The van der Waals surface area contributed by atoms with Gasteiger partial charge in [-0.3, -0.25) is 0 Å². The molecule has 3 aromatic rings. The Kier molecular flexibility index (Phi) is 7.68. The first kappa shape index (κ1) is 25.7. The molecule has 1 aliphatic rings. The van der Waals surface area contributed by atoms with Crippen LogP contribution in [0.25, 0.3) is 0 Å². The molecule has 0 bridgehead atoms. The second-order valence-corrected chi connectivity index (χ2v) is 10.1. The average molecular weight is 539 g/mol. The largest absolute Gasteiger partial charge is 0.490 e. The summed E-state index contributed by atoms with van der Waals surface area (Å²) in [7, 11) is -3.54. The fourth-order valence-electron chi connectivity index (χ4n) is 2.89. The van der Waals surface area contributed by atoms with E-state index in [0.717, 1.165) is 0 Å². The van der Waals surface area contributed by atoms with Crippen LogP contribution in [0.15, 0.2) is 52.9 Å². The van der Waals surface area contributed by atoms with Gasteiger partial charge in [0, 0.05) is 23.3 Å². The van der Waals surface area contributed by atoms with Gasteiger partial charge in [0.1, 0.15) is 28.9 Å². The summed E-state index contributed by atoms with van der Waals surface area (Å²) in [5.74, 6) is -2.98. The molecular formula is C20H15ClF4N2O5S2. The molecule has 0 saturated heterocycles. The third-order valence-electron chi connectivity index (χ3n) is 4.41. The number of halogens is 5. The minimum Gasteiger partial charge on any atom is -0.489 e. The molecule has 14 heteroatoms. The number of hydrogen-bond donors (Lipinski definition) is 1. The molecule has 0 aliphatic carbocycles. The zero-order chi connectivity index (χ0) is 25.1.